The second kappa shape index (κ2) is 9.28. The summed E-state index contributed by atoms with van der Waals surface area (Å²) in [4.78, 5) is 0. The maximum atomic E-state index is 8.62. The number of hydrogen-bond donors (Lipinski definition) is 2. The van der Waals surface area contributed by atoms with Crippen molar-refractivity contribution >= 4 is 5.84 Å². The average molecular weight is 244 g/mol. The van der Waals surface area contributed by atoms with Gasteiger partial charge in [-0.1, -0.05) is 51.6 Å². The van der Waals surface area contributed by atoms with E-state index in [-0.39, 0.29) is 11.3 Å². The normalized spacial score (nSPS) is 13.0. The number of nitrogens with two attached hydrogens (primary N) is 1. The van der Waals surface area contributed by atoms with Crippen LogP contribution in [0.5, 0.6) is 0 Å². The Bertz CT molecular complexity index is 215. The van der Waals surface area contributed by atoms with Crippen LogP contribution in [-0.4, -0.2) is 24.3 Å². The van der Waals surface area contributed by atoms with Crippen molar-refractivity contribution in [1.82, 2.24) is 0 Å². The van der Waals surface area contributed by atoms with Crippen LogP contribution in [0.4, 0.5) is 0 Å². The van der Waals surface area contributed by atoms with Crippen LogP contribution >= 0.6 is 0 Å². The summed E-state index contributed by atoms with van der Waals surface area (Å²) in [5.74, 6) is 0.268. The standard InChI is InChI=1S/C13H28N2O2/c1-4-5-6-7-8-10-17-11-9-13(2,3)12(14)15-16/h16H,4-11H2,1-3H3,(H2,14,15). The number of rotatable bonds is 10. The largest absolute Gasteiger partial charge is 0.409 e. The predicted octanol–water partition coefficient (Wildman–Crippen LogP) is 3.14. The lowest BCUT2D eigenvalue weighted by atomic mass is 9.88. The summed E-state index contributed by atoms with van der Waals surface area (Å²) in [6, 6.07) is 0. The van der Waals surface area contributed by atoms with Crippen molar-refractivity contribution in [2.24, 2.45) is 16.3 Å². The molecule has 4 nitrogen and oxygen atoms in total. The first kappa shape index (κ1) is 16.2. The molecule has 0 heterocycles. The van der Waals surface area contributed by atoms with E-state index in [2.05, 4.69) is 12.1 Å². The highest BCUT2D eigenvalue weighted by atomic mass is 16.5. The lowest BCUT2D eigenvalue weighted by Crippen LogP contribution is -2.33. The van der Waals surface area contributed by atoms with Gasteiger partial charge in [-0.2, -0.15) is 0 Å². The van der Waals surface area contributed by atoms with E-state index in [1.54, 1.807) is 0 Å². The second-order valence-electron chi connectivity index (χ2n) is 5.15. The molecular weight excluding hydrogens is 216 g/mol. The zero-order valence-corrected chi connectivity index (χ0v) is 11.5. The van der Waals surface area contributed by atoms with Gasteiger partial charge in [0, 0.05) is 18.6 Å². The zero-order chi connectivity index (χ0) is 13.1. The topological polar surface area (TPSA) is 67.8 Å². The third-order valence-corrected chi connectivity index (χ3v) is 3.06. The highest BCUT2D eigenvalue weighted by Gasteiger charge is 2.22. The molecule has 0 rings (SSSR count). The number of nitrogens with zero attached hydrogens (tertiary/aromatic N) is 1. The molecule has 0 unspecified atom stereocenters. The molecule has 0 aromatic rings. The van der Waals surface area contributed by atoms with Crippen molar-refractivity contribution in [3.05, 3.63) is 0 Å². The van der Waals surface area contributed by atoms with Gasteiger partial charge < -0.3 is 15.7 Å². The van der Waals surface area contributed by atoms with Gasteiger partial charge in [0.15, 0.2) is 0 Å². The average Bonchev–Trinajstić information content (AvgIpc) is 2.31. The Hall–Kier alpha value is -0.770. The van der Waals surface area contributed by atoms with Crippen LogP contribution in [0, 0.1) is 5.41 Å². The lowest BCUT2D eigenvalue weighted by Gasteiger charge is -2.22. The first-order valence-corrected chi connectivity index (χ1v) is 6.60. The fourth-order valence-electron chi connectivity index (χ4n) is 1.50. The Balaban J connectivity index is 3.45. The Labute approximate surface area is 105 Å². The van der Waals surface area contributed by atoms with Crippen LogP contribution in [0.1, 0.15) is 59.3 Å². The van der Waals surface area contributed by atoms with E-state index < -0.39 is 0 Å². The quantitative estimate of drug-likeness (QED) is 0.204. The lowest BCUT2D eigenvalue weighted by molar-refractivity contribution is 0.112. The van der Waals surface area contributed by atoms with Gasteiger partial charge in [0.2, 0.25) is 0 Å². The summed E-state index contributed by atoms with van der Waals surface area (Å²) in [6.07, 6.45) is 7.04. The zero-order valence-electron chi connectivity index (χ0n) is 11.5. The molecule has 0 fully saturated rings. The number of hydrogen-bond acceptors (Lipinski definition) is 3. The van der Waals surface area contributed by atoms with Crippen LogP contribution in [0.25, 0.3) is 0 Å². The molecule has 0 aromatic heterocycles. The monoisotopic (exact) mass is 244 g/mol. The Morgan fingerprint density at radius 3 is 2.41 bits per heavy atom. The molecule has 0 saturated carbocycles. The third kappa shape index (κ3) is 8.02. The summed E-state index contributed by atoms with van der Waals surface area (Å²) in [5, 5.41) is 11.7. The molecule has 102 valence electrons. The van der Waals surface area contributed by atoms with Crippen LogP contribution < -0.4 is 5.73 Å². The van der Waals surface area contributed by atoms with Gasteiger partial charge in [-0.15, -0.1) is 0 Å². The smallest absolute Gasteiger partial charge is 0.144 e. The highest BCUT2D eigenvalue weighted by Crippen LogP contribution is 2.20. The van der Waals surface area contributed by atoms with Gasteiger partial charge in [0.1, 0.15) is 5.84 Å². The summed E-state index contributed by atoms with van der Waals surface area (Å²) < 4.78 is 5.55. The van der Waals surface area contributed by atoms with E-state index in [0.717, 1.165) is 19.4 Å². The van der Waals surface area contributed by atoms with E-state index >= 15 is 0 Å². The summed E-state index contributed by atoms with van der Waals surface area (Å²) >= 11 is 0. The van der Waals surface area contributed by atoms with Gasteiger partial charge in [0.05, 0.1) is 0 Å². The van der Waals surface area contributed by atoms with Crippen molar-refractivity contribution in [2.75, 3.05) is 13.2 Å². The molecule has 0 aliphatic carbocycles. The third-order valence-electron chi connectivity index (χ3n) is 3.06. The summed E-state index contributed by atoms with van der Waals surface area (Å²) in [6.45, 7) is 7.60. The van der Waals surface area contributed by atoms with E-state index in [9.17, 15) is 0 Å². The molecule has 17 heavy (non-hydrogen) atoms. The maximum absolute atomic E-state index is 8.62. The predicted molar refractivity (Wildman–Crippen MR) is 71.4 cm³/mol. The van der Waals surface area contributed by atoms with Crippen molar-refractivity contribution in [2.45, 2.75) is 59.3 Å². The Morgan fingerprint density at radius 2 is 1.82 bits per heavy atom. The maximum Gasteiger partial charge on any atom is 0.144 e. The van der Waals surface area contributed by atoms with Gasteiger partial charge in [0.25, 0.3) is 0 Å². The van der Waals surface area contributed by atoms with Crippen LogP contribution in [0.15, 0.2) is 5.16 Å². The molecule has 0 spiro atoms. The molecule has 4 heteroatoms. The van der Waals surface area contributed by atoms with Crippen molar-refractivity contribution in [3.63, 3.8) is 0 Å². The first-order chi connectivity index (χ1) is 8.04. The number of unbranched alkanes of at least 4 members (excludes halogenated alkanes) is 4. The highest BCUT2D eigenvalue weighted by molar-refractivity contribution is 5.85. The van der Waals surface area contributed by atoms with E-state index in [4.69, 9.17) is 15.7 Å². The minimum Gasteiger partial charge on any atom is -0.409 e. The fraction of sp³-hybridized carbons (Fsp3) is 0.923. The van der Waals surface area contributed by atoms with Crippen LogP contribution in [-0.2, 0) is 4.74 Å². The number of amidine groups is 1. The van der Waals surface area contributed by atoms with Crippen molar-refractivity contribution in [3.8, 4) is 0 Å². The van der Waals surface area contributed by atoms with Crippen LogP contribution in [0.2, 0.25) is 0 Å². The fourth-order valence-corrected chi connectivity index (χ4v) is 1.50. The molecule has 0 amide bonds. The Morgan fingerprint density at radius 1 is 1.18 bits per heavy atom. The van der Waals surface area contributed by atoms with E-state index in [1.807, 2.05) is 13.8 Å². The molecule has 0 aliphatic rings. The molecule has 0 atom stereocenters. The van der Waals surface area contributed by atoms with E-state index in [0.29, 0.717) is 6.61 Å². The molecule has 0 aliphatic heterocycles. The first-order valence-electron chi connectivity index (χ1n) is 6.60. The van der Waals surface area contributed by atoms with Crippen LogP contribution in [0.3, 0.4) is 0 Å². The summed E-state index contributed by atoms with van der Waals surface area (Å²) in [7, 11) is 0. The Kier molecular flexibility index (Phi) is 8.86. The number of oxime groups is 1. The molecule has 0 aromatic carbocycles. The van der Waals surface area contributed by atoms with Crippen molar-refractivity contribution < 1.29 is 9.94 Å². The second-order valence-corrected chi connectivity index (χ2v) is 5.15. The van der Waals surface area contributed by atoms with Crippen molar-refractivity contribution in [1.29, 1.82) is 0 Å². The van der Waals surface area contributed by atoms with E-state index in [1.165, 1.54) is 25.7 Å². The SMILES string of the molecule is CCCCCCCOCCC(C)(C)C(N)=NO. The summed E-state index contributed by atoms with van der Waals surface area (Å²) in [5.41, 5.74) is 5.30. The molecule has 0 bridgehead atoms. The van der Waals surface area contributed by atoms with Gasteiger partial charge in [-0.3, -0.25) is 0 Å². The molecule has 3 N–H and O–H groups in total. The number of ether oxygens (including phenoxy) is 1. The van der Waals surface area contributed by atoms with Gasteiger partial charge in [-0.25, -0.2) is 0 Å². The minimum absolute atomic E-state index is 0.268. The molecular formula is C13H28N2O2. The van der Waals surface area contributed by atoms with Gasteiger partial charge >= 0.3 is 0 Å². The molecule has 0 radical (unpaired) electrons. The minimum atomic E-state index is -0.295. The van der Waals surface area contributed by atoms with Gasteiger partial charge in [-0.05, 0) is 12.8 Å². The molecule has 0 saturated heterocycles.